The van der Waals surface area contributed by atoms with E-state index in [4.69, 9.17) is 14.6 Å². The van der Waals surface area contributed by atoms with E-state index < -0.39 is 5.97 Å². The first-order chi connectivity index (χ1) is 9.06. The molecule has 0 bridgehead atoms. The fourth-order valence-electron chi connectivity index (χ4n) is 1.48. The van der Waals surface area contributed by atoms with E-state index in [1.54, 1.807) is 18.2 Å². The smallest absolute Gasteiger partial charge is 0.303 e. The topological polar surface area (TPSA) is 84.9 Å². The number of amides is 1. The van der Waals surface area contributed by atoms with Crippen molar-refractivity contribution in [3.05, 3.63) is 23.8 Å². The van der Waals surface area contributed by atoms with E-state index in [0.717, 1.165) is 0 Å². The van der Waals surface area contributed by atoms with Crippen LogP contribution in [0.2, 0.25) is 0 Å². The number of methoxy groups -OCH3 is 2. The summed E-state index contributed by atoms with van der Waals surface area (Å²) >= 11 is 0. The van der Waals surface area contributed by atoms with Crippen LogP contribution >= 0.6 is 0 Å². The third kappa shape index (κ3) is 4.87. The molecule has 0 aliphatic rings. The van der Waals surface area contributed by atoms with Crippen LogP contribution in [0.15, 0.2) is 18.2 Å². The van der Waals surface area contributed by atoms with Crippen LogP contribution in [0.25, 0.3) is 0 Å². The maximum Gasteiger partial charge on any atom is 0.303 e. The lowest BCUT2D eigenvalue weighted by molar-refractivity contribution is -0.137. The van der Waals surface area contributed by atoms with E-state index in [1.165, 1.54) is 14.2 Å². The fraction of sp³-hybridized carbons (Fsp3) is 0.385. The highest BCUT2D eigenvalue weighted by atomic mass is 16.5. The Morgan fingerprint density at radius 3 is 2.21 bits per heavy atom. The van der Waals surface area contributed by atoms with Crippen LogP contribution in [0.4, 0.5) is 0 Å². The van der Waals surface area contributed by atoms with Crippen molar-refractivity contribution in [2.75, 3.05) is 20.8 Å². The van der Waals surface area contributed by atoms with E-state index >= 15 is 0 Å². The zero-order valence-electron chi connectivity index (χ0n) is 10.9. The van der Waals surface area contributed by atoms with Crippen molar-refractivity contribution < 1.29 is 24.2 Å². The number of hydrogen-bond acceptors (Lipinski definition) is 4. The van der Waals surface area contributed by atoms with Crippen molar-refractivity contribution in [1.82, 2.24) is 5.32 Å². The molecule has 104 valence electrons. The minimum absolute atomic E-state index is 0.0295. The summed E-state index contributed by atoms with van der Waals surface area (Å²) in [7, 11) is 3.01. The molecule has 0 spiro atoms. The van der Waals surface area contributed by atoms with Crippen LogP contribution in [0.5, 0.6) is 11.5 Å². The highest BCUT2D eigenvalue weighted by molar-refractivity contribution is 5.95. The Balaban J connectivity index is 2.63. The second-order valence-electron chi connectivity index (χ2n) is 3.85. The number of carboxylic acid groups (broad SMARTS) is 1. The first-order valence-corrected chi connectivity index (χ1v) is 5.80. The first-order valence-electron chi connectivity index (χ1n) is 5.80. The molecule has 0 unspecified atom stereocenters. The van der Waals surface area contributed by atoms with Gasteiger partial charge in [-0.3, -0.25) is 9.59 Å². The van der Waals surface area contributed by atoms with Crippen LogP contribution in [0.3, 0.4) is 0 Å². The molecule has 0 aliphatic heterocycles. The molecule has 0 aliphatic carbocycles. The molecule has 0 saturated carbocycles. The molecule has 1 aromatic carbocycles. The first kappa shape index (κ1) is 14.8. The second-order valence-corrected chi connectivity index (χ2v) is 3.85. The zero-order valence-corrected chi connectivity index (χ0v) is 10.9. The molecule has 2 N–H and O–H groups in total. The Morgan fingerprint density at radius 1 is 1.16 bits per heavy atom. The van der Waals surface area contributed by atoms with Crippen molar-refractivity contribution in [1.29, 1.82) is 0 Å². The van der Waals surface area contributed by atoms with Gasteiger partial charge >= 0.3 is 5.97 Å². The van der Waals surface area contributed by atoms with Gasteiger partial charge < -0.3 is 19.9 Å². The molecule has 0 saturated heterocycles. The van der Waals surface area contributed by atoms with Gasteiger partial charge in [0.2, 0.25) is 0 Å². The summed E-state index contributed by atoms with van der Waals surface area (Å²) in [5.74, 6) is -0.120. The largest absolute Gasteiger partial charge is 0.497 e. The molecule has 0 atom stereocenters. The molecule has 19 heavy (non-hydrogen) atoms. The lowest BCUT2D eigenvalue weighted by Gasteiger charge is -2.08. The fourth-order valence-corrected chi connectivity index (χ4v) is 1.48. The van der Waals surface area contributed by atoms with Crippen LogP contribution in [0, 0.1) is 0 Å². The number of nitrogens with one attached hydrogen (secondary N) is 1. The summed E-state index contributed by atoms with van der Waals surface area (Å²) < 4.78 is 10.1. The van der Waals surface area contributed by atoms with Crippen LogP contribution in [-0.4, -0.2) is 37.7 Å². The Kier molecular flexibility index (Phi) is 5.66. The van der Waals surface area contributed by atoms with Crippen molar-refractivity contribution in [2.24, 2.45) is 0 Å². The van der Waals surface area contributed by atoms with E-state index in [2.05, 4.69) is 5.32 Å². The third-order valence-corrected chi connectivity index (χ3v) is 2.47. The van der Waals surface area contributed by atoms with Crippen molar-refractivity contribution >= 4 is 11.9 Å². The van der Waals surface area contributed by atoms with Gasteiger partial charge in [-0.2, -0.15) is 0 Å². The van der Waals surface area contributed by atoms with Gasteiger partial charge in [0.25, 0.3) is 5.91 Å². The van der Waals surface area contributed by atoms with Crippen molar-refractivity contribution in [2.45, 2.75) is 12.8 Å². The highest BCUT2D eigenvalue weighted by Crippen LogP contribution is 2.22. The normalized spacial score (nSPS) is 9.79. The van der Waals surface area contributed by atoms with Gasteiger partial charge in [-0.05, 0) is 18.6 Å². The molecule has 0 aromatic heterocycles. The van der Waals surface area contributed by atoms with Gasteiger partial charge in [-0.1, -0.05) is 0 Å². The molecule has 1 rings (SSSR count). The van der Waals surface area contributed by atoms with Gasteiger partial charge in [0.05, 0.1) is 14.2 Å². The summed E-state index contributed by atoms with van der Waals surface area (Å²) in [6, 6.07) is 4.85. The maximum atomic E-state index is 11.9. The standard InChI is InChI=1S/C13H17NO5/c1-18-10-6-9(7-11(8-10)19-2)13(17)14-5-3-4-12(15)16/h6-8H,3-5H2,1-2H3,(H,14,17)(H,15,16). The number of aliphatic carboxylic acids is 1. The van der Waals surface area contributed by atoms with E-state index in [1.807, 2.05) is 0 Å². The highest BCUT2D eigenvalue weighted by Gasteiger charge is 2.09. The predicted octanol–water partition coefficient (Wildman–Crippen LogP) is 1.30. The second kappa shape index (κ2) is 7.25. The Morgan fingerprint density at radius 2 is 1.74 bits per heavy atom. The van der Waals surface area contributed by atoms with Gasteiger partial charge in [0, 0.05) is 24.6 Å². The van der Waals surface area contributed by atoms with Crippen molar-refractivity contribution in [3.63, 3.8) is 0 Å². The number of carbonyl (C=O) groups is 2. The van der Waals surface area contributed by atoms with Gasteiger partial charge in [-0.15, -0.1) is 0 Å². The third-order valence-electron chi connectivity index (χ3n) is 2.47. The number of carboxylic acids is 1. The lowest BCUT2D eigenvalue weighted by atomic mass is 10.2. The minimum atomic E-state index is -0.878. The summed E-state index contributed by atoms with van der Waals surface area (Å²) in [4.78, 5) is 22.2. The Hall–Kier alpha value is -2.24. The average molecular weight is 267 g/mol. The molecule has 0 heterocycles. The number of rotatable bonds is 7. The molecule has 1 amide bonds. The Bertz CT molecular complexity index is 436. The summed E-state index contributed by atoms with van der Waals surface area (Å²) in [6.45, 7) is 0.310. The van der Waals surface area contributed by atoms with Crippen LogP contribution in [0.1, 0.15) is 23.2 Å². The number of hydrogen-bond donors (Lipinski definition) is 2. The average Bonchev–Trinajstić information content (AvgIpc) is 2.42. The molecule has 0 radical (unpaired) electrons. The molecule has 6 heteroatoms. The molecule has 0 fully saturated rings. The summed E-state index contributed by atoms with van der Waals surface area (Å²) in [5, 5.41) is 11.1. The molecular formula is C13H17NO5. The van der Waals surface area contributed by atoms with Gasteiger partial charge in [0.1, 0.15) is 11.5 Å². The van der Waals surface area contributed by atoms with E-state index in [0.29, 0.717) is 30.0 Å². The Labute approximate surface area is 111 Å². The van der Waals surface area contributed by atoms with Crippen LogP contribution < -0.4 is 14.8 Å². The summed E-state index contributed by atoms with van der Waals surface area (Å²) in [6.07, 6.45) is 0.421. The number of ether oxygens (including phenoxy) is 2. The summed E-state index contributed by atoms with van der Waals surface area (Å²) in [5.41, 5.74) is 0.409. The van der Waals surface area contributed by atoms with E-state index in [9.17, 15) is 9.59 Å². The monoisotopic (exact) mass is 267 g/mol. The number of carbonyl (C=O) groups excluding carboxylic acids is 1. The lowest BCUT2D eigenvalue weighted by Crippen LogP contribution is -2.24. The zero-order chi connectivity index (χ0) is 14.3. The maximum absolute atomic E-state index is 11.9. The quantitative estimate of drug-likeness (QED) is 0.727. The predicted molar refractivity (Wildman–Crippen MR) is 68.7 cm³/mol. The molecule has 1 aromatic rings. The molecule has 6 nitrogen and oxygen atoms in total. The number of benzene rings is 1. The van der Waals surface area contributed by atoms with Crippen LogP contribution in [-0.2, 0) is 4.79 Å². The minimum Gasteiger partial charge on any atom is -0.497 e. The van der Waals surface area contributed by atoms with Gasteiger partial charge in [0.15, 0.2) is 0 Å². The van der Waals surface area contributed by atoms with E-state index in [-0.39, 0.29) is 12.3 Å². The SMILES string of the molecule is COc1cc(OC)cc(C(=O)NCCCC(=O)O)c1. The molecular weight excluding hydrogens is 250 g/mol. The van der Waals surface area contributed by atoms with Gasteiger partial charge in [-0.25, -0.2) is 0 Å². The van der Waals surface area contributed by atoms with Crippen molar-refractivity contribution in [3.8, 4) is 11.5 Å².